The van der Waals surface area contributed by atoms with Gasteiger partial charge in [0.2, 0.25) is 0 Å². The predicted molar refractivity (Wildman–Crippen MR) is 80.3 cm³/mol. The summed E-state index contributed by atoms with van der Waals surface area (Å²) in [7, 11) is 1.56. The molecule has 0 fully saturated rings. The van der Waals surface area contributed by atoms with Crippen molar-refractivity contribution in [3.05, 3.63) is 53.6 Å². The Hall–Kier alpha value is -2.43. The number of methoxy groups -OCH3 is 1. The first-order chi connectivity index (χ1) is 10.1. The van der Waals surface area contributed by atoms with Crippen LogP contribution in [0.25, 0.3) is 0 Å². The lowest BCUT2D eigenvalue weighted by atomic mass is 10.1. The van der Waals surface area contributed by atoms with Crippen LogP contribution in [0, 0.1) is 6.92 Å². The summed E-state index contributed by atoms with van der Waals surface area (Å²) in [6.45, 7) is 3.99. The van der Waals surface area contributed by atoms with E-state index in [1.807, 2.05) is 26.0 Å². The van der Waals surface area contributed by atoms with Crippen LogP contribution in [0.2, 0.25) is 0 Å². The summed E-state index contributed by atoms with van der Waals surface area (Å²) in [6.07, 6.45) is 4.11. The van der Waals surface area contributed by atoms with E-state index in [1.165, 1.54) is 0 Å². The number of nitrogens with one attached hydrogen (secondary N) is 1. The maximum absolute atomic E-state index is 12.3. The molecule has 0 saturated carbocycles. The van der Waals surface area contributed by atoms with Crippen molar-refractivity contribution in [2.45, 2.75) is 26.3 Å². The molecule has 0 saturated heterocycles. The number of aromatic nitrogens is 2. The maximum Gasteiger partial charge on any atom is 0.270 e. The van der Waals surface area contributed by atoms with Gasteiger partial charge in [-0.25, -0.2) is 0 Å². The van der Waals surface area contributed by atoms with E-state index in [-0.39, 0.29) is 11.9 Å². The number of carbonyl (C=O) groups is 1. The fraction of sp³-hybridized carbons (Fsp3) is 0.312. The van der Waals surface area contributed by atoms with Crippen molar-refractivity contribution in [1.82, 2.24) is 15.3 Å². The van der Waals surface area contributed by atoms with Gasteiger partial charge in [-0.05, 0) is 31.0 Å². The molecule has 1 N–H and O–H groups in total. The smallest absolute Gasteiger partial charge is 0.270 e. The van der Waals surface area contributed by atoms with E-state index < -0.39 is 0 Å². The minimum absolute atomic E-state index is 0.133. The van der Waals surface area contributed by atoms with Crippen LogP contribution in [0.5, 0.6) is 5.75 Å². The SMILES string of the molecule is CC[C@H](NC(=O)c1cc(OC)ccn1)c1ccc(C)cn1. The van der Waals surface area contributed by atoms with Gasteiger partial charge in [-0.3, -0.25) is 14.8 Å². The second-order valence-electron chi connectivity index (χ2n) is 4.78. The van der Waals surface area contributed by atoms with E-state index in [0.717, 1.165) is 17.7 Å². The molecule has 0 spiro atoms. The number of nitrogens with zero attached hydrogens (tertiary/aromatic N) is 2. The van der Waals surface area contributed by atoms with Gasteiger partial charge in [-0.2, -0.15) is 0 Å². The average molecular weight is 285 g/mol. The Kier molecular flexibility index (Phi) is 4.87. The fourth-order valence-electron chi connectivity index (χ4n) is 1.97. The molecule has 0 unspecified atom stereocenters. The zero-order chi connectivity index (χ0) is 15.2. The highest BCUT2D eigenvalue weighted by molar-refractivity contribution is 5.92. The van der Waals surface area contributed by atoms with Gasteiger partial charge in [-0.15, -0.1) is 0 Å². The number of ether oxygens (including phenoxy) is 1. The molecule has 5 heteroatoms. The molecular formula is C16H19N3O2. The third kappa shape index (κ3) is 3.78. The quantitative estimate of drug-likeness (QED) is 0.917. The van der Waals surface area contributed by atoms with Crippen LogP contribution >= 0.6 is 0 Å². The first-order valence-corrected chi connectivity index (χ1v) is 6.87. The van der Waals surface area contributed by atoms with Crippen molar-refractivity contribution in [3.63, 3.8) is 0 Å². The van der Waals surface area contributed by atoms with Gasteiger partial charge in [0.05, 0.1) is 18.8 Å². The molecule has 1 atom stereocenters. The molecule has 2 aromatic heterocycles. The Morgan fingerprint density at radius 1 is 1.33 bits per heavy atom. The van der Waals surface area contributed by atoms with Crippen LogP contribution in [0.15, 0.2) is 36.7 Å². The molecule has 0 bridgehead atoms. The number of pyridine rings is 2. The molecular weight excluding hydrogens is 266 g/mol. The number of hydrogen-bond acceptors (Lipinski definition) is 4. The Morgan fingerprint density at radius 3 is 2.76 bits per heavy atom. The van der Waals surface area contributed by atoms with Crippen LogP contribution in [0.3, 0.4) is 0 Å². The second kappa shape index (κ2) is 6.83. The molecule has 1 amide bonds. The van der Waals surface area contributed by atoms with Crippen molar-refractivity contribution in [2.75, 3.05) is 7.11 Å². The Morgan fingerprint density at radius 2 is 2.14 bits per heavy atom. The van der Waals surface area contributed by atoms with E-state index in [1.54, 1.807) is 31.6 Å². The lowest BCUT2D eigenvalue weighted by molar-refractivity contribution is 0.0929. The summed E-state index contributed by atoms with van der Waals surface area (Å²) in [5.74, 6) is 0.375. The summed E-state index contributed by atoms with van der Waals surface area (Å²) in [6, 6.07) is 7.11. The van der Waals surface area contributed by atoms with E-state index >= 15 is 0 Å². The molecule has 0 aliphatic carbocycles. The summed E-state index contributed by atoms with van der Waals surface area (Å²) in [5.41, 5.74) is 2.27. The minimum atomic E-state index is -0.233. The third-order valence-corrected chi connectivity index (χ3v) is 3.20. The zero-order valence-corrected chi connectivity index (χ0v) is 12.5. The lowest BCUT2D eigenvalue weighted by Crippen LogP contribution is -2.29. The van der Waals surface area contributed by atoms with Gasteiger partial charge in [0.15, 0.2) is 0 Å². The monoisotopic (exact) mass is 285 g/mol. The summed E-state index contributed by atoms with van der Waals surface area (Å²) in [4.78, 5) is 20.7. The lowest BCUT2D eigenvalue weighted by Gasteiger charge is -2.16. The number of aryl methyl sites for hydroxylation is 1. The van der Waals surface area contributed by atoms with E-state index in [4.69, 9.17) is 4.74 Å². The molecule has 110 valence electrons. The fourth-order valence-corrected chi connectivity index (χ4v) is 1.97. The minimum Gasteiger partial charge on any atom is -0.497 e. The van der Waals surface area contributed by atoms with Crippen LogP contribution in [-0.2, 0) is 0 Å². The van der Waals surface area contributed by atoms with E-state index in [2.05, 4.69) is 15.3 Å². The average Bonchev–Trinajstić information content (AvgIpc) is 2.53. The Bertz CT molecular complexity index is 611. The Labute approximate surface area is 124 Å². The predicted octanol–water partition coefficient (Wildman–Crippen LogP) is 2.67. The molecule has 2 rings (SSSR count). The molecule has 21 heavy (non-hydrogen) atoms. The zero-order valence-electron chi connectivity index (χ0n) is 12.5. The van der Waals surface area contributed by atoms with Crippen molar-refractivity contribution in [2.24, 2.45) is 0 Å². The summed E-state index contributed by atoms with van der Waals surface area (Å²) >= 11 is 0. The topological polar surface area (TPSA) is 64.1 Å². The van der Waals surface area contributed by atoms with Crippen LogP contribution in [0.1, 0.15) is 41.1 Å². The molecule has 5 nitrogen and oxygen atoms in total. The van der Waals surface area contributed by atoms with E-state index in [9.17, 15) is 4.79 Å². The maximum atomic E-state index is 12.3. The standard InChI is InChI=1S/C16H19N3O2/c1-4-13(14-6-5-11(2)10-18-14)19-16(20)15-9-12(21-3)7-8-17-15/h5-10,13H,4H2,1-3H3,(H,19,20)/t13-/m0/s1. The van der Waals surface area contributed by atoms with Crippen molar-refractivity contribution < 1.29 is 9.53 Å². The van der Waals surface area contributed by atoms with Crippen molar-refractivity contribution in [1.29, 1.82) is 0 Å². The van der Waals surface area contributed by atoms with Gasteiger partial charge < -0.3 is 10.1 Å². The van der Waals surface area contributed by atoms with Crippen molar-refractivity contribution in [3.8, 4) is 5.75 Å². The summed E-state index contributed by atoms with van der Waals surface area (Å²) < 4.78 is 5.10. The van der Waals surface area contributed by atoms with Gasteiger partial charge in [0.1, 0.15) is 11.4 Å². The van der Waals surface area contributed by atoms with Crippen molar-refractivity contribution >= 4 is 5.91 Å². The normalized spacial score (nSPS) is 11.8. The van der Waals surface area contributed by atoms with Gasteiger partial charge >= 0.3 is 0 Å². The highest BCUT2D eigenvalue weighted by atomic mass is 16.5. The third-order valence-electron chi connectivity index (χ3n) is 3.20. The highest BCUT2D eigenvalue weighted by Crippen LogP contribution is 2.16. The van der Waals surface area contributed by atoms with Crippen LogP contribution < -0.4 is 10.1 Å². The largest absolute Gasteiger partial charge is 0.497 e. The van der Waals surface area contributed by atoms with Crippen LogP contribution in [-0.4, -0.2) is 23.0 Å². The molecule has 0 aromatic carbocycles. The molecule has 0 aliphatic heterocycles. The molecule has 2 heterocycles. The Balaban J connectivity index is 2.14. The number of carbonyl (C=O) groups excluding carboxylic acids is 1. The second-order valence-corrected chi connectivity index (χ2v) is 4.78. The van der Waals surface area contributed by atoms with Crippen LogP contribution in [0.4, 0.5) is 0 Å². The highest BCUT2D eigenvalue weighted by Gasteiger charge is 2.16. The van der Waals surface area contributed by atoms with Gasteiger partial charge in [-0.1, -0.05) is 13.0 Å². The molecule has 2 aromatic rings. The molecule has 0 radical (unpaired) electrons. The first kappa shape index (κ1) is 15.0. The molecule has 0 aliphatic rings. The van der Waals surface area contributed by atoms with Gasteiger partial charge in [0.25, 0.3) is 5.91 Å². The number of hydrogen-bond donors (Lipinski definition) is 1. The first-order valence-electron chi connectivity index (χ1n) is 6.87. The number of amides is 1. The van der Waals surface area contributed by atoms with Gasteiger partial charge in [0, 0.05) is 18.5 Å². The summed E-state index contributed by atoms with van der Waals surface area (Å²) in [5, 5.41) is 2.95. The van der Waals surface area contributed by atoms with E-state index in [0.29, 0.717) is 11.4 Å². The number of rotatable bonds is 5.